The minimum Gasteiger partial charge on any atom is -0.497 e. The first-order valence-electron chi connectivity index (χ1n) is 6.32. The van der Waals surface area contributed by atoms with Crippen LogP contribution in [-0.2, 0) is 6.54 Å². The third kappa shape index (κ3) is 3.91. The zero-order valence-corrected chi connectivity index (χ0v) is 12.3. The zero-order chi connectivity index (χ0) is 13.8. The summed E-state index contributed by atoms with van der Waals surface area (Å²) in [4.78, 5) is 0. The van der Waals surface area contributed by atoms with Crippen molar-refractivity contribution in [1.29, 1.82) is 0 Å². The summed E-state index contributed by atoms with van der Waals surface area (Å²) >= 11 is 0. The molecule has 0 spiro atoms. The molecule has 18 heavy (non-hydrogen) atoms. The summed E-state index contributed by atoms with van der Waals surface area (Å²) < 4.78 is 10.6. The Morgan fingerprint density at radius 3 is 2.33 bits per heavy atom. The molecule has 0 aliphatic heterocycles. The van der Waals surface area contributed by atoms with E-state index < -0.39 is 0 Å². The van der Waals surface area contributed by atoms with Crippen LogP contribution in [0.15, 0.2) is 18.2 Å². The van der Waals surface area contributed by atoms with Gasteiger partial charge in [-0.2, -0.15) is 0 Å². The molecule has 0 radical (unpaired) electrons. The number of nitrogens with one attached hydrogen (secondary N) is 1. The van der Waals surface area contributed by atoms with E-state index in [0.29, 0.717) is 6.04 Å². The Kier molecular flexibility index (Phi) is 5.03. The van der Waals surface area contributed by atoms with Gasteiger partial charge in [0, 0.05) is 24.2 Å². The van der Waals surface area contributed by atoms with Crippen LogP contribution in [0.1, 0.15) is 33.3 Å². The van der Waals surface area contributed by atoms with E-state index in [1.54, 1.807) is 14.2 Å². The molecule has 1 N–H and O–H groups in total. The summed E-state index contributed by atoms with van der Waals surface area (Å²) in [5, 5.41) is 3.53. The minimum atomic E-state index is 0.250. The molecule has 3 nitrogen and oxygen atoms in total. The maximum atomic E-state index is 5.39. The van der Waals surface area contributed by atoms with Gasteiger partial charge in [-0.15, -0.1) is 0 Å². The van der Waals surface area contributed by atoms with Crippen LogP contribution >= 0.6 is 0 Å². The van der Waals surface area contributed by atoms with Crippen molar-refractivity contribution in [3.63, 3.8) is 0 Å². The topological polar surface area (TPSA) is 30.5 Å². The van der Waals surface area contributed by atoms with E-state index in [0.717, 1.165) is 23.6 Å². The average molecular weight is 251 g/mol. The number of rotatable bonds is 5. The smallest absolute Gasteiger partial charge is 0.127 e. The first-order valence-corrected chi connectivity index (χ1v) is 6.32. The van der Waals surface area contributed by atoms with Gasteiger partial charge in [0.05, 0.1) is 14.2 Å². The lowest BCUT2D eigenvalue weighted by Crippen LogP contribution is -2.37. The van der Waals surface area contributed by atoms with Crippen molar-refractivity contribution in [2.75, 3.05) is 14.2 Å². The van der Waals surface area contributed by atoms with Gasteiger partial charge >= 0.3 is 0 Å². The summed E-state index contributed by atoms with van der Waals surface area (Å²) in [5.74, 6) is 1.68. The summed E-state index contributed by atoms with van der Waals surface area (Å²) in [6.07, 6.45) is 0. The summed E-state index contributed by atoms with van der Waals surface area (Å²) in [7, 11) is 3.35. The Labute approximate surface area is 110 Å². The van der Waals surface area contributed by atoms with Crippen LogP contribution in [0.3, 0.4) is 0 Å². The summed E-state index contributed by atoms with van der Waals surface area (Å²) in [6.45, 7) is 9.70. The molecule has 1 atom stereocenters. The molecule has 1 unspecified atom stereocenters. The van der Waals surface area contributed by atoms with E-state index in [9.17, 15) is 0 Å². The second kappa shape index (κ2) is 6.10. The van der Waals surface area contributed by atoms with Crippen molar-refractivity contribution in [1.82, 2.24) is 5.32 Å². The van der Waals surface area contributed by atoms with Gasteiger partial charge in [0.25, 0.3) is 0 Å². The monoisotopic (exact) mass is 251 g/mol. The highest BCUT2D eigenvalue weighted by molar-refractivity contribution is 5.40. The minimum absolute atomic E-state index is 0.250. The van der Waals surface area contributed by atoms with Crippen LogP contribution in [0.5, 0.6) is 11.5 Å². The molecule has 102 valence electrons. The lowest BCUT2D eigenvalue weighted by molar-refractivity contribution is 0.283. The van der Waals surface area contributed by atoms with Crippen molar-refractivity contribution in [3.05, 3.63) is 23.8 Å². The van der Waals surface area contributed by atoms with Crippen LogP contribution < -0.4 is 14.8 Å². The molecule has 0 heterocycles. The molecule has 1 aromatic carbocycles. The second-order valence-electron chi connectivity index (χ2n) is 5.65. The summed E-state index contributed by atoms with van der Waals surface area (Å²) in [5.41, 5.74) is 1.40. The van der Waals surface area contributed by atoms with E-state index in [1.165, 1.54) is 0 Å². The molecular formula is C15H25NO2. The number of hydrogen-bond donors (Lipinski definition) is 1. The first-order chi connectivity index (χ1) is 8.38. The van der Waals surface area contributed by atoms with Gasteiger partial charge in [0.2, 0.25) is 0 Å². The molecular weight excluding hydrogens is 226 g/mol. The van der Waals surface area contributed by atoms with Crippen molar-refractivity contribution in [2.45, 2.75) is 40.3 Å². The van der Waals surface area contributed by atoms with E-state index >= 15 is 0 Å². The molecule has 1 rings (SSSR count). The molecule has 0 bridgehead atoms. The van der Waals surface area contributed by atoms with Crippen LogP contribution in [0.25, 0.3) is 0 Å². The fourth-order valence-corrected chi connectivity index (χ4v) is 1.57. The van der Waals surface area contributed by atoms with Gasteiger partial charge < -0.3 is 14.8 Å². The lowest BCUT2D eigenvalue weighted by Gasteiger charge is -2.28. The molecule has 0 fully saturated rings. The molecule has 0 aliphatic carbocycles. The van der Waals surface area contributed by atoms with Gasteiger partial charge in [0.1, 0.15) is 11.5 Å². The average Bonchev–Trinajstić information content (AvgIpc) is 2.34. The molecule has 1 aromatic rings. The Bertz CT molecular complexity index is 383. The highest BCUT2D eigenvalue weighted by Crippen LogP contribution is 2.25. The van der Waals surface area contributed by atoms with E-state index in [-0.39, 0.29) is 5.41 Å². The molecule has 0 aromatic heterocycles. The van der Waals surface area contributed by atoms with Gasteiger partial charge in [-0.05, 0) is 18.4 Å². The molecule has 3 heteroatoms. The predicted octanol–water partition coefficient (Wildman–Crippen LogP) is 3.23. The predicted molar refractivity (Wildman–Crippen MR) is 75.3 cm³/mol. The second-order valence-corrected chi connectivity index (χ2v) is 5.65. The van der Waals surface area contributed by atoms with E-state index in [1.807, 2.05) is 18.2 Å². The SMILES string of the molecule is COc1ccc(CNC(C)C(C)(C)C)c(OC)c1. The largest absolute Gasteiger partial charge is 0.497 e. The number of ether oxygens (including phenoxy) is 2. The molecule has 0 amide bonds. The quantitative estimate of drug-likeness (QED) is 0.871. The lowest BCUT2D eigenvalue weighted by atomic mass is 9.88. The van der Waals surface area contributed by atoms with Gasteiger partial charge in [-0.3, -0.25) is 0 Å². The fraction of sp³-hybridized carbons (Fsp3) is 0.600. The van der Waals surface area contributed by atoms with Crippen molar-refractivity contribution in [2.24, 2.45) is 5.41 Å². The summed E-state index contributed by atoms with van der Waals surface area (Å²) in [6, 6.07) is 6.35. The maximum absolute atomic E-state index is 5.39. The Balaban J connectivity index is 2.73. The van der Waals surface area contributed by atoms with Crippen LogP contribution in [0.4, 0.5) is 0 Å². The highest BCUT2D eigenvalue weighted by Gasteiger charge is 2.19. The normalized spacial score (nSPS) is 13.2. The van der Waals surface area contributed by atoms with Crippen molar-refractivity contribution in [3.8, 4) is 11.5 Å². The molecule has 0 aliphatic rings. The number of benzene rings is 1. The Hall–Kier alpha value is -1.22. The van der Waals surface area contributed by atoms with Crippen molar-refractivity contribution >= 4 is 0 Å². The van der Waals surface area contributed by atoms with Crippen LogP contribution in [-0.4, -0.2) is 20.3 Å². The van der Waals surface area contributed by atoms with Gasteiger partial charge in [-0.1, -0.05) is 26.8 Å². The Morgan fingerprint density at radius 2 is 1.83 bits per heavy atom. The van der Waals surface area contributed by atoms with Crippen molar-refractivity contribution < 1.29 is 9.47 Å². The van der Waals surface area contributed by atoms with Crippen LogP contribution in [0, 0.1) is 5.41 Å². The molecule has 0 saturated carbocycles. The Morgan fingerprint density at radius 1 is 1.17 bits per heavy atom. The van der Waals surface area contributed by atoms with E-state index in [4.69, 9.17) is 9.47 Å². The fourth-order valence-electron chi connectivity index (χ4n) is 1.57. The van der Waals surface area contributed by atoms with Gasteiger partial charge in [-0.25, -0.2) is 0 Å². The third-order valence-electron chi connectivity index (χ3n) is 3.39. The standard InChI is InChI=1S/C15H25NO2/c1-11(15(2,3)4)16-10-12-7-8-13(17-5)9-14(12)18-6/h7-9,11,16H,10H2,1-6H3. The van der Waals surface area contributed by atoms with E-state index in [2.05, 4.69) is 33.0 Å². The zero-order valence-electron chi connectivity index (χ0n) is 12.3. The van der Waals surface area contributed by atoms with Crippen LogP contribution in [0.2, 0.25) is 0 Å². The highest BCUT2D eigenvalue weighted by atomic mass is 16.5. The first kappa shape index (κ1) is 14.8. The number of methoxy groups -OCH3 is 2. The third-order valence-corrected chi connectivity index (χ3v) is 3.39. The number of hydrogen-bond acceptors (Lipinski definition) is 3. The maximum Gasteiger partial charge on any atom is 0.127 e. The molecule has 0 saturated heterocycles. The van der Waals surface area contributed by atoms with Gasteiger partial charge in [0.15, 0.2) is 0 Å².